The fraction of sp³-hybridized carbons (Fsp3) is 0.500. The van der Waals surface area contributed by atoms with Crippen molar-refractivity contribution in [2.24, 2.45) is 5.41 Å². The lowest BCUT2D eigenvalue weighted by atomic mass is 9.92. The van der Waals surface area contributed by atoms with Gasteiger partial charge >= 0.3 is 5.97 Å². The highest BCUT2D eigenvalue weighted by molar-refractivity contribution is 6.33. The van der Waals surface area contributed by atoms with Crippen molar-refractivity contribution < 1.29 is 9.90 Å². The minimum absolute atomic E-state index is 0.0175. The maximum absolute atomic E-state index is 10.8. The lowest BCUT2D eigenvalue weighted by Gasteiger charge is -2.16. The van der Waals surface area contributed by atoms with E-state index < -0.39 is 5.97 Å². The molecular formula is C10H13ClN2O2. The average Bonchev–Trinajstić information content (AvgIpc) is 2.05. The largest absolute Gasteiger partial charge is 0.476 e. The molecule has 1 N–H and O–H groups in total. The fourth-order valence-electron chi connectivity index (χ4n) is 1.11. The van der Waals surface area contributed by atoms with Crippen LogP contribution < -0.4 is 0 Å². The van der Waals surface area contributed by atoms with Crippen LogP contribution in [0.3, 0.4) is 0 Å². The second-order valence-electron chi connectivity index (χ2n) is 4.53. The highest BCUT2D eigenvalue weighted by Gasteiger charge is 2.17. The molecule has 0 aliphatic carbocycles. The quantitative estimate of drug-likeness (QED) is 0.845. The number of nitrogens with zero attached hydrogens (tertiary/aromatic N) is 2. The summed E-state index contributed by atoms with van der Waals surface area (Å²) in [6.07, 6.45) is 1.95. The van der Waals surface area contributed by atoms with Crippen LogP contribution in [-0.4, -0.2) is 21.0 Å². The highest BCUT2D eigenvalue weighted by Crippen LogP contribution is 2.20. The zero-order valence-electron chi connectivity index (χ0n) is 8.91. The lowest BCUT2D eigenvalue weighted by Crippen LogP contribution is -2.14. The number of carboxylic acid groups (broad SMARTS) is 1. The Morgan fingerprint density at radius 2 is 2.13 bits per heavy atom. The molecule has 1 heterocycles. The van der Waals surface area contributed by atoms with E-state index in [1.807, 2.05) is 20.8 Å². The first-order chi connectivity index (χ1) is 6.79. The van der Waals surface area contributed by atoms with Crippen molar-refractivity contribution in [2.45, 2.75) is 27.2 Å². The Kier molecular flexibility index (Phi) is 3.29. The first-order valence-electron chi connectivity index (χ1n) is 4.54. The van der Waals surface area contributed by atoms with E-state index in [2.05, 4.69) is 9.97 Å². The van der Waals surface area contributed by atoms with Crippen LogP contribution in [0.25, 0.3) is 0 Å². The van der Waals surface area contributed by atoms with E-state index in [0.29, 0.717) is 12.2 Å². The van der Waals surface area contributed by atoms with E-state index in [1.165, 1.54) is 6.20 Å². The normalized spacial score (nSPS) is 11.5. The first-order valence-corrected chi connectivity index (χ1v) is 4.92. The molecule has 15 heavy (non-hydrogen) atoms. The van der Waals surface area contributed by atoms with E-state index in [-0.39, 0.29) is 16.1 Å². The summed E-state index contributed by atoms with van der Waals surface area (Å²) in [4.78, 5) is 18.7. The zero-order chi connectivity index (χ0) is 11.6. The predicted octanol–water partition coefficient (Wildman–Crippen LogP) is 2.42. The van der Waals surface area contributed by atoms with Crippen molar-refractivity contribution in [1.29, 1.82) is 0 Å². The minimum Gasteiger partial charge on any atom is -0.476 e. The number of carboxylic acids is 1. The third kappa shape index (κ3) is 3.47. The van der Waals surface area contributed by atoms with Gasteiger partial charge in [-0.05, 0) is 5.41 Å². The molecule has 1 aromatic rings. The van der Waals surface area contributed by atoms with Gasteiger partial charge in [0, 0.05) is 6.42 Å². The third-order valence-electron chi connectivity index (χ3n) is 1.69. The molecule has 0 saturated heterocycles. The number of hydrogen-bond acceptors (Lipinski definition) is 3. The van der Waals surface area contributed by atoms with E-state index >= 15 is 0 Å². The minimum atomic E-state index is -1.13. The number of aromatic nitrogens is 2. The number of aromatic carboxylic acids is 1. The van der Waals surface area contributed by atoms with Crippen LogP contribution in [0.15, 0.2) is 6.20 Å². The SMILES string of the molecule is CC(C)(C)Cc1ncc(Cl)c(C(=O)O)n1. The Hall–Kier alpha value is -1.16. The zero-order valence-corrected chi connectivity index (χ0v) is 9.67. The summed E-state index contributed by atoms with van der Waals surface area (Å²) < 4.78 is 0. The van der Waals surface area contributed by atoms with Gasteiger partial charge in [-0.2, -0.15) is 0 Å². The topological polar surface area (TPSA) is 63.1 Å². The molecule has 5 heteroatoms. The van der Waals surface area contributed by atoms with E-state index in [9.17, 15) is 4.79 Å². The van der Waals surface area contributed by atoms with Gasteiger partial charge in [-0.15, -0.1) is 0 Å². The first kappa shape index (κ1) is 11.9. The summed E-state index contributed by atoms with van der Waals surface area (Å²) in [6, 6.07) is 0. The molecule has 0 aliphatic heterocycles. The van der Waals surface area contributed by atoms with Crippen molar-refractivity contribution >= 4 is 17.6 Å². The average molecular weight is 229 g/mol. The van der Waals surface area contributed by atoms with Gasteiger partial charge in [0.1, 0.15) is 5.82 Å². The van der Waals surface area contributed by atoms with Crippen LogP contribution >= 0.6 is 11.6 Å². The fourth-order valence-corrected chi connectivity index (χ4v) is 1.29. The highest BCUT2D eigenvalue weighted by atomic mass is 35.5. The van der Waals surface area contributed by atoms with Crippen molar-refractivity contribution in [3.05, 3.63) is 22.7 Å². The maximum Gasteiger partial charge on any atom is 0.356 e. The molecule has 0 radical (unpaired) electrons. The summed E-state index contributed by atoms with van der Waals surface area (Å²) in [6.45, 7) is 6.10. The smallest absolute Gasteiger partial charge is 0.356 e. The molecule has 82 valence electrons. The van der Waals surface area contributed by atoms with Crippen molar-refractivity contribution in [2.75, 3.05) is 0 Å². The molecule has 0 spiro atoms. The number of carbonyl (C=O) groups is 1. The standard InChI is InChI=1S/C10H13ClN2O2/c1-10(2,3)4-7-12-5-6(11)8(13-7)9(14)15/h5H,4H2,1-3H3,(H,14,15). The van der Waals surface area contributed by atoms with E-state index in [4.69, 9.17) is 16.7 Å². The predicted molar refractivity (Wildman–Crippen MR) is 57.2 cm³/mol. The molecule has 0 bridgehead atoms. The van der Waals surface area contributed by atoms with Gasteiger partial charge < -0.3 is 5.11 Å². The Morgan fingerprint density at radius 3 is 2.60 bits per heavy atom. The molecule has 0 atom stereocenters. The van der Waals surface area contributed by atoms with Crippen LogP contribution in [0, 0.1) is 5.41 Å². The summed E-state index contributed by atoms with van der Waals surface area (Å²) in [7, 11) is 0. The van der Waals surface area contributed by atoms with E-state index in [0.717, 1.165) is 0 Å². The number of rotatable bonds is 2. The van der Waals surface area contributed by atoms with Crippen molar-refractivity contribution in [3.8, 4) is 0 Å². The van der Waals surface area contributed by atoms with Gasteiger partial charge in [-0.25, -0.2) is 14.8 Å². The second kappa shape index (κ2) is 4.14. The molecule has 0 fully saturated rings. The van der Waals surface area contributed by atoms with E-state index in [1.54, 1.807) is 0 Å². The number of halogens is 1. The Morgan fingerprint density at radius 1 is 1.53 bits per heavy atom. The van der Waals surface area contributed by atoms with Crippen LogP contribution in [0.5, 0.6) is 0 Å². The molecule has 0 unspecified atom stereocenters. The second-order valence-corrected chi connectivity index (χ2v) is 4.93. The summed E-state index contributed by atoms with van der Waals surface area (Å²) >= 11 is 5.66. The maximum atomic E-state index is 10.8. The van der Waals surface area contributed by atoms with Crippen LogP contribution in [0.1, 0.15) is 37.1 Å². The lowest BCUT2D eigenvalue weighted by molar-refractivity contribution is 0.0690. The van der Waals surface area contributed by atoms with Crippen LogP contribution in [0.4, 0.5) is 0 Å². The summed E-state index contributed by atoms with van der Waals surface area (Å²) in [5, 5.41) is 8.88. The van der Waals surface area contributed by atoms with Crippen LogP contribution in [0.2, 0.25) is 5.02 Å². The molecular weight excluding hydrogens is 216 g/mol. The molecule has 4 nitrogen and oxygen atoms in total. The molecule has 0 amide bonds. The van der Waals surface area contributed by atoms with Gasteiger partial charge in [-0.1, -0.05) is 32.4 Å². The molecule has 0 aromatic carbocycles. The molecule has 1 rings (SSSR count). The van der Waals surface area contributed by atoms with Crippen LogP contribution in [-0.2, 0) is 6.42 Å². The summed E-state index contributed by atoms with van der Waals surface area (Å²) in [5.74, 6) is -0.623. The van der Waals surface area contributed by atoms with Crippen molar-refractivity contribution in [1.82, 2.24) is 9.97 Å². The Labute approximate surface area is 93.3 Å². The monoisotopic (exact) mass is 228 g/mol. The van der Waals surface area contributed by atoms with Gasteiger partial charge in [-0.3, -0.25) is 0 Å². The molecule has 1 aromatic heterocycles. The Balaban J connectivity index is 3.03. The molecule has 0 aliphatic rings. The summed E-state index contributed by atoms with van der Waals surface area (Å²) in [5.41, 5.74) is -0.116. The van der Waals surface area contributed by atoms with Gasteiger partial charge in [0.15, 0.2) is 5.69 Å². The number of hydrogen-bond donors (Lipinski definition) is 1. The van der Waals surface area contributed by atoms with Gasteiger partial charge in [0.25, 0.3) is 0 Å². The van der Waals surface area contributed by atoms with Gasteiger partial charge in [0.2, 0.25) is 0 Å². The van der Waals surface area contributed by atoms with Crippen molar-refractivity contribution in [3.63, 3.8) is 0 Å². The Bertz CT molecular complexity index is 385. The third-order valence-corrected chi connectivity index (χ3v) is 1.96. The van der Waals surface area contributed by atoms with Gasteiger partial charge in [0.05, 0.1) is 11.2 Å². The molecule has 0 saturated carbocycles.